The zero-order valence-corrected chi connectivity index (χ0v) is 13.6. The molecule has 0 saturated carbocycles. The van der Waals surface area contributed by atoms with Crippen LogP contribution < -0.4 is 5.32 Å². The number of aryl methyl sites for hydroxylation is 1. The number of amides is 1. The molecular weight excluding hydrogens is 280 g/mol. The summed E-state index contributed by atoms with van der Waals surface area (Å²) < 4.78 is 0. The van der Waals surface area contributed by atoms with Crippen molar-refractivity contribution in [1.82, 2.24) is 10.2 Å². The Bertz CT molecular complexity index is 578. The number of hydrogen-bond acceptors (Lipinski definition) is 3. The molecule has 2 aromatic rings. The number of nitrogens with zero attached hydrogens (tertiary/aromatic N) is 1. The second kappa shape index (κ2) is 7.38. The van der Waals surface area contributed by atoms with Crippen LogP contribution in [0.5, 0.6) is 0 Å². The molecule has 0 aliphatic carbocycles. The molecule has 0 bridgehead atoms. The Morgan fingerprint density at radius 3 is 2.62 bits per heavy atom. The SMILES string of the molecule is Cc1ccccc1CC(=O)NCC(c1cccs1)N(C)C. The van der Waals surface area contributed by atoms with Crippen LogP contribution in [0.4, 0.5) is 0 Å². The molecular formula is C17H22N2OS. The maximum Gasteiger partial charge on any atom is 0.224 e. The highest BCUT2D eigenvalue weighted by Gasteiger charge is 2.16. The Kier molecular flexibility index (Phi) is 5.53. The molecule has 1 aromatic carbocycles. The van der Waals surface area contributed by atoms with E-state index in [1.165, 1.54) is 4.88 Å². The van der Waals surface area contributed by atoms with E-state index < -0.39 is 0 Å². The molecule has 0 aliphatic heterocycles. The number of nitrogens with one attached hydrogen (secondary N) is 1. The van der Waals surface area contributed by atoms with E-state index in [1.54, 1.807) is 11.3 Å². The molecule has 1 heterocycles. The van der Waals surface area contributed by atoms with Crippen LogP contribution >= 0.6 is 11.3 Å². The maximum absolute atomic E-state index is 12.1. The Balaban J connectivity index is 1.92. The monoisotopic (exact) mass is 302 g/mol. The topological polar surface area (TPSA) is 32.3 Å². The number of hydrogen-bond donors (Lipinski definition) is 1. The summed E-state index contributed by atoms with van der Waals surface area (Å²) in [6.07, 6.45) is 0.442. The summed E-state index contributed by atoms with van der Waals surface area (Å²) in [6, 6.07) is 12.4. The molecule has 0 radical (unpaired) electrons. The Morgan fingerprint density at radius 2 is 2.00 bits per heavy atom. The van der Waals surface area contributed by atoms with Crippen molar-refractivity contribution in [3.63, 3.8) is 0 Å². The summed E-state index contributed by atoms with van der Waals surface area (Å²) in [7, 11) is 4.08. The molecule has 21 heavy (non-hydrogen) atoms. The number of rotatable bonds is 6. The van der Waals surface area contributed by atoms with Crippen molar-refractivity contribution in [1.29, 1.82) is 0 Å². The molecule has 1 amide bonds. The first-order chi connectivity index (χ1) is 10.1. The van der Waals surface area contributed by atoms with Crippen LogP contribution in [-0.4, -0.2) is 31.4 Å². The zero-order chi connectivity index (χ0) is 15.2. The van der Waals surface area contributed by atoms with Crippen molar-refractivity contribution < 1.29 is 4.79 Å². The van der Waals surface area contributed by atoms with Crippen LogP contribution in [0.25, 0.3) is 0 Å². The lowest BCUT2D eigenvalue weighted by atomic mass is 10.1. The molecule has 1 aromatic heterocycles. The summed E-state index contributed by atoms with van der Waals surface area (Å²) in [5.41, 5.74) is 2.25. The highest BCUT2D eigenvalue weighted by Crippen LogP contribution is 2.22. The minimum atomic E-state index is 0.0766. The van der Waals surface area contributed by atoms with Gasteiger partial charge in [0.15, 0.2) is 0 Å². The van der Waals surface area contributed by atoms with Crippen LogP contribution in [0, 0.1) is 6.92 Å². The first-order valence-corrected chi connectivity index (χ1v) is 7.97. The van der Waals surface area contributed by atoms with Crippen molar-refractivity contribution in [3.8, 4) is 0 Å². The van der Waals surface area contributed by atoms with Crippen LogP contribution in [0.2, 0.25) is 0 Å². The van der Waals surface area contributed by atoms with Crippen LogP contribution in [0.15, 0.2) is 41.8 Å². The highest BCUT2D eigenvalue weighted by atomic mass is 32.1. The lowest BCUT2D eigenvalue weighted by Gasteiger charge is -2.23. The molecule has 1 atom stereocenters. The zero-order valence-electron chi connectivity index (χ0n) is 12.8. The largest absolute Gasteiger partial charge is 0.354 e. The Hall–Kier alpha value is -1.65. The first-order valence-electron chi connectivity index (χ1n) is 7.09. The van der Waals surface area contributed by atoms with Gasteiger partial charge in [0.05, 0.1) is 12.5 Å². The van der Waals surface area contributed by atoms with Gasteiger partial charge in [-0.25, -0.2) is 0 Å². The van der Waals surface area contributed by atoms with E-state index in [4.69, 9.17) is 0 Å². The van der Waals surface area contributed by atoms with Gasteiger partial charge in [0.2, 0.25) is 5.91 Å². The second-order valence-corrected chi connectivity index (χ2v) is 6.38. The summed E-state index contributed by atoms with van der Waals surface area (Å²) in [6.45, 7) is 2.68. The third kappa shape index (κ3) is 4.41. The van der Waals surface area contributed by atoms with Gasteiger partial charge >= 0.3 is 0 Å². The molecule has 1 N–H and O–H groups in total. The molecule has 0 fully saturated rings. The summed E-state index contributed by atoms with van der Waals surface area (Å²) >= 11 is 1.72. The average Bonchev–Trinajstić information content (AvgIpc) is 2.95. The third-order valence-electron chi connectivity index (χ3n) is 3.60. The van der Waals surface area contributed by atoms with Gasteiger partial charge < -0.3 is 10.2 Å². The van der Waals surface area contributed by atoms with Gasteiger partial charge in [-0.05, 0) is 43.6 Å². The predicted molar refractivity (Wildman–Crippen MR) is 88.6 cm³/mol. The van der Waals surface area contributed by atoms with Crippen LogP contribution in [0.3, 0.4) is 0 Å². The molecule has 2 rings (SSSR count). The van der Waals surface area contributed by atoms with E-state index in [-0.39, 0.29) is 11.9 Å². The second-order valence-electron chi connectivity index (χ2n) is 5.40. The molecule has 112 valence electrons. The predicted octanol–water partition coefficient (Wildman–Crippen LogP) is 3.02. The fourth-order valence-corrected chi connectivity index (χ4v) is 3.20. The molecule has 0 spiro atoms. The van der Waals surface area contributed by atoms with Gasteiger partial charge in [-0.15, -0.1) is 11.3 Å². The number of benzene rings is 1. The summed E-state index contributed by atoms with van der Waals surface area (Å²) in [4.78, 5) is 15.5. The first kappa shape index (κ1) is 15.7. The summed E-state index contributed by atoms with van der Waals surface area (Å²) in [5, 5.41) is 5.12. The van der Waals surface area contributed by atoms with E-state index in [1.807, 2.05) is 51.4 Å². The fraction of sp³-hybridized carbons (Fsp3) is 0.353. The van der Waals surface area contributed by atoms with Crippen molar-refractivity contribution >= 4 is 17.2 Å². The molecule has 3 nitrogen and oxygen atoms in total. The van der Waals surface area contributed by atoms with Crippen molar-refractivity contribution in [2.75, 3.05) is 20.6 Å². The van der Waals surface area contributed by atoms with E-state index in [0.29, 0.717) is 13.0 Å². The molecule has 0 aliphatic rings. The van der Waals surface area contributed by atoms with Gasteiger partial charge in [0.1, 0.15) is 0 Å². The smallest absolute Gasteiger partial charge is 0.224 e. The van der Waals surface area contributed by atoms with E-state index >= 15 is 0 Å². The van der Waals surface area contributed by atoms with Gasteiger partial charge in [0, 0.05) is 11.4 Å². The van der Waals surface area contributed by atoms with Gasteiger partial charge in [-0.3, -0.25) is 4.79 Å². The number of carbonyl (C=O) groups excluding carboxylic acids is 1. The van der Waals surface area contributed by atoms with Crippen molar-refractivity contribution in [3.05, 3.63) is 57.8 Å². The van der Waals surface area contributed by atoms with Crippen molar-refractivity contribution in [2.24, 2.45) is 0 Å². The summed E-state index contributed by atoms with van der Waals surface area (Å²) in [5.74, 6) is 0.0766. The normalized spacial score (nSPS) is 12.4. The third-order valence-corrected chi connectivity index (χ3v) is 4.57. The van der Waals surface area contributed by atoms with Gasteiger partial charge in [0.25, 0.3) is 0 Å². The minimum Gasteiger partial charge on any atom is -0.354 e. The number of likely N-dealkylation sites (N-methyl/N-ethyl adjacent to an activating group) is 1. The quantitative estimate of drug-likeness (QED) is 0.889. The van der Waals surface area contributed by atoms with Crippen LogP contribution in [0.1, 0.15) is 22.0 Å². The highest BCUT2D eigenvalue weighted by molar-refractivity contribution is 7.10. The standard InChI is InChI=1S/C17H22N2OS/c1-13-7-4-5-8-14(13)11-17(20)18-12-15(19(2)3)16-9-6-10-21-16/h4-10,15H,11-12H2,1-3H3,(H,18,20). The minimum absolute atomic E-state index is 0.0766. The van der Waals surface area contributed by atoms with E-state index in [2.05, 4.69) is 21.7 Å². The van der Waals surface area contributed by atoms with E-state index in [0.717, 1.165) is 11.1 Å². The Labute approximate surface area is 130 Å². The van der Waals surface area contributed by atoms with Gasteiger partial charge in [-0.1, -0.05) is 30.3 Å². The number of carbonyl (C=O) groups is 1. The van der Waals surface area contributed by atoms with Crippen molar-refractivity contribution in [2.45, 2.75) is 19.4 Å². The Morgan fingerprint density at radius 1 is 1.24 bits per heavy atom. The fourth-order valence-electron chi connectivity index (χ4n) is 2.27. The molecule has 4 heteroatoms. The lowest BCUT2D eigenvalue weighted by molar-refractivity contribution is -0.120. The van der Waals surface area contributed by atoms with Gasteiger partial charge in [-0.2, -0.15) is 0 Å². The lowest BCUT2D eigenvalue weighted by Crippen LogP contribution is -2.35. The molecule has 1 unspecified atom stereocenters. The number of thiophene rings is 1. The average molecular weight is 302 g/mol. The van der Waals surface area contributed by atoms with Crippen LogP contribution in [-0.2, 0) is 11.2 Å². The maximum atomic E-state index is 12.1. The molecule has 0 saturated heterocycles. The van der Waals surface area contributed by atoms with E-state index in [9.17, 15) is 4.79 Å².